The maximum Gasteiger partial charge on any atom is 0.673 e. The SMILES string of the molecule is CC(C)[n+]1cn(-c2ccccc2)c2ccccc21.F[B-](F)(F)F. The van der Waals surface area contributed by atoms with E-state index in [-0.39, 0.29) is 0 Å². The second-order valence-electron chi connectivity index (χ2n) is 5.31. The lowest BCUT2D eigenvalue weighted by Crippen LogP contribution is -2.34. The molecule has 122 valence electrons. The van der Waals surface area contributed by atoms with Gasteiger partial charge < -0.3 is 17.3 Å². The normalized spacial score (nSPS) is 11.4. The Labute approximate surface area is 132 Å². The molecule has 0 N–H and O–H groups in total. The van der Waals surface area contributed by atoms with Gasteiger partial charge in [-0.25, -0.2) is 4.57 Å². The maximum absolute atomic E-state index is 9.75. The van der Waals surface area contributed by atoms with Crippen molar-refractivity contribution in [1.82, 2.24) is 4.57 Å². The van der Waals surface area contributed by atoms with E-state index >= 15 is 0 Å². The zero-order valence-electron chi connectivity index (χ0n) is 12.8. The molecule has 0 saturated carbocycles. The molecule has 1 aromatic heterocycles. The number of halogens is 4. The summed E-state index contributed by atoms with van der Waals surface area (Å²) in [7, 11) is -6.00. The largest absolute Gasteiger partial charge is 0.673 e. The first-order valence-corrected chi connectivity index (χ1v) is 7.21. The number of aromatic nitrogens is 2. The summed E-state index contributed by atoms with van der Waals surface area (Å²) in [6, 6.07) is 19.5. The van der Waals surface area contributed by atoms with E-state index in [1.54, 1.807) is 0 Å². The van der Waals surface area contributed by atoms with Gasteiger partial charge in [0.15, 0.2) is 11.0 Å². The lowest BCUT2D eigenvalue weighted by atomic mass is 10.2. The van der Waals surface area contributed by atoms with E-state index in [0.29, 0.717) is 6.04 Å². The number of rotatable bonds is 2. The van der Waals surface area contributed by atoms with Crippen LogP contribution in [0.1, 0.15) is 19.9 Å². The Morgan fingerprint density at radius 3 is 1.96 bits per heavy atom. The van der Waals surface area contributed by atoms with E-state index < -0.39 is 7.25 Å². The van der Waals surface area contributed by atoms with Crippen molar-refractivity contribution in [2.24, 2.45) is 0 Å². The molecule has 0 unspecified atom stereocenters. The van der Waals surface area contributed by atoms with Crippen LogP contribution in [0.25, 0.3) is 16.7 Å². The summed E-state index contributed by atoms with van der Waals surface area (Å²) in [5.41, 5.74) is 3.72. The second-order valence-corrected chi connectivity index (χ2v) is 5.31. The molecular formula is C16H17BF4N2. The summed E-state index contributed by atoms with van der Waals surface area (Å²) in [4.78, 5) is 0. The molecule has 0 aliphatic rings. The van der Waals surface area contributed by atoms with Crippen molar-refractivity contribution in [1.29, 1.82) is 0 Å². The summed E-state index contributed by atoms with van der Waals surface area (Å²) in [5.74, 6) is 0. The third kappa shape index (κ3) is 4.58. The minimum Gasteiger partial charge on any atom is -0.418 e. The van der Waals surface area contributed by atoms with Crippen LogP contribution in [-0.2, 0) is 0 Å². The van der Waals surface area contributed by atoms with Crippen molar-refractivity contribution in [3.63, 3.8) is 0 Å². The van der Waals surface area contributed by atoms with E-state index in [4.69, 9.17) is 0 Å². The van der Waals surface area contributed by atoms with Gasteiger partial charge >= 0.3 is 7.25 Å². The van der Waals surface area contributed by atoms with Gasteiger partial charge in [-0.2, -0.15) is 4.57 Å². The van der Waals surface area contributed by atoms with Crippen LogP contribution in [0.3, 0.4) is 0 Å². The number of nitrogens with zero attached hydrogens (tertiary/aromatic N) is 2. The lowest BCUT2D eigenvalue weighted by Gasteiger charge is -1.99. The molecule has 0 atom stereocenters. The van der Waals surface area contributed by atoms with Crippen LogP contribution in [0, 0.1) is 0 Å². The van der Waals surface area contributed by atoms with Gasteiger partial charge in [0.25, 0.3) is 0 Å². The van der Waals surface area contributed by atoms with Crippen molar-refractivity contribution < 1.29 is 21.8 Å². The zero-order chi connectivity index (χ0) is 17.0. The Morgan fingerprint density at radius 1 is 0.870 bits per heavy atom. The summed E-state index contributed by atoms with van der Waals surface area (Å²) >= 11 is 0. The topological polar surface area (TPSA) is 8.81 Å². The van der Waals surface area contributed by atoms with Gasteiger partial charge in [-0.15, -0.1) is 0 Å². The van der Waals surface area contributed by atoms with Crippen molar-refractivity contribution in [3.05, 3.63) is 60.9 Å². The molecule has 0 radical (unpaired) electrons. The van der Waals surface area contributed by atoms with Crippen LogP contribution in [0.5, 0.6) is 0 Å². The molecule has 3 rings (SSSR count). The van der Waals surface area contributed by atoms with Crippen molar-refractivity contribution in [3.8, 4) is 5.69 Å². The first kappa shape index (κ1) is 17.1. The van der Waals surface area contributed by atoms with E-state index in [1.165, 1.54) is 16.7 Å². The lowest BCUT2D eigenvalue weighted by molar-refractivity contribution is -0.691. The average molecular weight is 324 g/mol. The van der Waals surface area contributed by atoms with E-state index in [1.807, 2.05) is 6.07 Å². The van der Waals surface area contributed by atoms with Gasteiger partial charge in [0.2, 0.25) is 6.33 Å². The average Bonchev–Trinajstić information content (AvgIpc) is 2.86. The molecule has 2 aromatic carbocycles. The molecule has 23 heavy (non-hydrogen) atoms. The van der Waals surface area contributed by atoms with Gasteiger partial charge in [0, 0.05) is 0 Å². The number of benzene rings is 2. The quantitative estimate of drug-likeness (QED) is 0.364. The minimum absolute atomic E-state index is 0.458. The molecule has 2 nitrogen and oxygen atoms in total. The number of hydrogen-bond donors (Lipinski definition) is 0. The van der Waals surface area contributed by atoms with Crippen LogP contribution < -0.4 is 4.57 Å². The highest BCUT2D eigenvalue weighted by Crippen LogP contribution is 2.17. The first-order chi connectivity index (χ1) is 10.8. The summed E-state index contributed by atoms with van der Waals surface area (Å²) < 4.78 is 43.6. The number of fused-ring (bicyclic) bond motifs is 1. The molecule has 0 aliphatic carbocycles. The molecular weight excluding hydrogens is 307 g/mol. The Morgan fingerprint density at radius 2 is 1.39 bits per heavy atom. The van der Waals surface area contributed by atoms with Gasteiger partial charge in [-0.3, -0.25) is 0 Å². The van der Waals surface area contributed by atoms with Crippen LogP contribution in [0.15, 0.2) is 60.9 Å². The highest BCUT2D eigenvalue weighted by Gasteiger charge is 2.20. The predicted molar refractivity (Wildman–Crippen MR) is 84.0 cm³/mol. The van der Waals surface area contributed by atoms with Gasteiger partial charge in [-0.1, -0.05) is 30.3 Å². The number of para-hydroxylation sites is 3. The fraction of sp³-hybridized carbons (Fsp3) is 0.188. The van der Waals surface area contributed by atoms with Crippen LogP contribution in [0.2, 0.25) is 0 Å². The number of hydrogen-bond acceptors (Lipinski definition) is 0. The van der Waals surface area contributed by atoms with Crippen molar-refractivity contribution in [2.75, 3.05) is 0 Å². The number of imidazole rings is 1. The van der Waals surface area contributed by atoms with Crippen LogP contribution in [0.4, 0.5) is 17.3 Å². The highest BCUT2D eigenvalue weighted by atomic mass is 19.5. The second kappa shape index (κ2) is 6.85. The van der Waals surface area contributed by atoms with E-state index in [0.717, 1.165) is 0 Å². The fourth-order valence-corrected chi connectivity index (χ4v) is 2.34. The van der Waals surface area contributed by atoms with Crippen LogP contribution >= 0.6 is 0 Å². The standard InChI is InChI=1S/C16H17N2.BF4/c1-13(2)17-12-18(14-8-4-3-5-9-14)16-11-7-6-10-15(16)17;2-1(3,4)5/h3-13H,1-2H3;/q+1;-1. The van der Waals surface area contributed by atoms with Gasteiger partial charge in [0.1, 0.15) is 5.69 Å². The van der Waals surface area contributed by atoms with Gasteiger partial charge in [-0.05, 0) is 38.1 Å². The molecule has 0 spiro atoms. The monoisotopic (exact) mass is 324 g/mol. The van der Waals surface area contributed by atoms with Crippen molar-refractivity contribution in [2.45, 2.75) is 19.9 Å². The summed E-state index contributed by atoms with van der Waals surface area (Å²) in [6.07, 6.45) is 2.19. The molecule has 0 fully saturated rings. The third-order valence-electron chi connectivity index (χ3n) is 3.25. The van der Waals surface area contributed by atoms with Crippen molar-refractivity contribution >= 4 is 18.3 Å². The third-order valence-corrected chi connectivity index (χ3v) is 3.25. The Bertz CT molecular complexity index is 761. The Hall–Kier alpha value is -2.31. The predicted octanol–water partition coefficient (Wildman–Crippen LogP) is 4.80. The van der Waals surface area contributed by atoms with E-state index in [9.17, 15) is 17.3 Å². The maximum atomic E-state index is 9.75. The molecule has 0 aliphatic heterocycles. The van der Waals surface area contributed by atoms with Crippen LogP contribution in [-0.4, -0.2) is 11.8 Å². The fourth-order valence-electron chi connectivity index (χ4n) is 2.34. The molecule has 7 heteroatoms. The zero-order valence-corrected chi connectivity index (χ0v) is 12.8. The minimum atomic E-state index is -6.00. The smallest absolute Gasteiger partial charge is 0.418 e. The summed E-state index contributed by atoms with van der Waals surface area (Å²) in [5, 5.41) is 0. The van der Waals surface area contributed by atoms with E-state index in [2.05, 4.69) is 77.8 Å². The summed E-state index contributed by atoms with van der Waals surface area (Å²) in [6.45, 7) is 4.42. The molecule has 0 amide bonds. The Kier molecular flexibility index (Phi) is 5.08. The molecule has 0 saturated heterocycles. The molecule has 0 bridgehead atoms. The highest BCUT2D eigenvalue weighted by molar-refractivity contribution is 6.50. The first-order valence-electron chi connectivity index (χ1n) is 7.21. The Balaban J connectivity index is 0.000000338. The van der Waals surface area contributed by atoms with Gasteiger partial charge in [0.05, 0.1) is 6.04 Å². The molecule has 3 aromatic rings. The molecule has 1 heterocycles.